The van der Waals surface area contributed by atoms with Crippen LogP contribution in [0.15, 0.2) is 29.2 Å². The smallest absolute Gasteiger partial charge is 0.0452 e. The average molecular weight is 207 g/mol. The number of para-hydroxylation sites is 1. The Bertz CT molecular complexity index is 292. The molecule has 0 aliphatic heterocycles. The van der Waals surface area contributed by atoms with Gasteiger partial charge in [-0.1, -0.05) is 31.4 Å². The lowest BCUT2D eigenvalue weighted by Crippen LogP contribution is -2.08. The number of anilines is 1. The van der Waals surface area contributed by atoms with E-state index in [0.717, 1.165) is 10.9 Å². The predicted molar refractivity (Wildman–Crippen MR) is 63.6 cm³/mol. The quantitative estimate of drug-likeness (QED) is 0.748. The third-order valence-corrected chi connectivity index (χ3v) is 4.20. The molecule has 1 aromatic carbocycles. The Hall–Kier alpha value is -0.630. The van der Waals surface area contributed by atoms with Crippen molar-refractivity contribution in [1.29, 1.82) is 0 Å². The molecule has 0 spiro atoms. The first-order valence-electron chi connectivity index (χ1n) is 5.37. The summed E-state index contributed by atoms with van der Waals surface area (Å²) in [4.78, 5) is 1.26. The first kappa shape index (κ1) is 9.91. The molecule has 76 valence electrons. The summed E-state index contributed by atoms with van der Waals surface area (Å²) in [5.74, 6) is 0. The number of hydrogen-bond donors (Lipinski definition) is 1. The van der Waals surface area contributed by atoms with Crippen LogP contribution >= 0.6 is 11.8 Å². The minimum Gasteiger partial charge on any atom is -0.398 e. The van der Waals surface area contributed by atoms with E-state index in [1.807, 2.05) is 23.9 Å². The van der Waals surface area contributed by atoms with Crippen LogP contribution in [0.5, 0.6) is 0 Å². The van der Waals surface area contributed by atoms with Crippen LogP contribution in [-0.2, 0) is 0 Å². The van der Waals surface area contributed by atoms with Gasteiger partial charge in [0.25, 0.3) is 0 Å². The maximum Gasteiger partial charge on any atom is 0.0452 e. The van der Waals surface area contributed by atoms with Gasteiger partial charge in [0, 0.05) is 15.8 Å². The third kappa shape index (κ3) is 2.44. The monoisotopic (exact) mass is 207 g/mol. The van der Waals surface area contributed by atoms with Crippen LogP contribution in [0.2, 0.25) is 0 Å². The summed E-state index contributed by atoms with van der Waals surface area (Å²) < 4.78 is 0. The number of nitrogens with two attached hydrogens (primary N) is 1. The Morgan fingerprint density at radius 3 is 2.50 bits per heavy atom. The van der Waals surface area contributed by atoms with Gasteiger partial charge < -0.3 is 5.73 Å². The molecule has 1 fully saturated rings. The second-order valence-corrected chi connectivity index (χ2v) is 5.26. The van der Waals surface area contributed by atoms with Gasteiger partial charge in [-0.25, -0.2) is 0 Å². The second-order valence-electron chi connectivity index (χ2n) is 3.92. The van der Waals surface area contributed by atoms with E-state index in [4.69, 9.17) is 5.73 Å². The lowest BCUT2D eigenvalue weighted by molar-refractivity contribution is 0.516. The molecule has 0 radical (unpaired) electrons. The molecule has 0 aromatic heterocycles. The van der Waals surface area contributed by atoms with Crippen molar-refractivity contribution in [2.45, 2.75) is 42.2 Å². The molecular weight excluding hydrogens is 190 g/mol. The molecule has 0 amide bonds. The second kappa shape index (κ2) is 4.74. The Kier molecular flexibility index (Phi) is 3.35. The van der Waals surface area contributed by atoms with Crippen LogP contribution in [0.1, 0.15) is 32.1 Å². The summed E-state index contributed by atoms with van der Waals surface area (Å²) >= 11 is 1.97. The Morgan fingerprint density at radius 2 is 1.79 bits per heavy atom. The van der Waals surface area contributed by atoms with E-state index in [1.165, 1.54) is 37.0 Å². The first-order valence-corrected chi connectivity index (χ1v) is 6.25. The highest BCUT2D eigenvalue weighted by atomic mass is 32.2. The largest absolute Gasteiger partial charge is 0.398 e. The Morgan fingerprint density at radius 1 is 1.07 bits per heavy atom. The number of benzene rings is 1. The van der Waals surface area contributed by atoms with Crippen LogP contribution < -0.4 is 5.73 Å². The number of thioether (sulfide) groups is 1. The normalized spacial score (nSPS) is 18.3. The molecule has 0 bridgehead atoms. The van der Waals surface area contributed by atoms with Crippen molar-refractivity contribution >= 4 is 17.4 Å². The average Bonchev–Trinajstić information content (AvgIpc) is 2.23. The molecule has 1 nitrogen and oxygen atoms in total. The molecule has 1 aliphatic rings. The molecule has 2 heteroatoms. The highest BCUT2D eigenvalue weighted by molar-refractivity contribution is 8.00. The number of hydrogen-bond acceptors (Lipinski definition) is 2. The summed E-state index contributed by atoms with van der Waals surface area (Å²) in [6, 6.07) is 8.20. The standard InChI is InChI=1S/C12H17NS/c13-11-8-4-5-9-12(11)14-10-6-2-1-3-7-10/h4-5,8-10H,1-3,6-7,13H2. The zero-order chi connectivity index (χ0) is 9.80. The van der Waals surface area contributed by atoms with Crippen molar-refractivity contribution in [2.75, 3.05) is 5.73 Å². The van der Waals surface area contributed by atoms with Crippen molar-refractivity contribution in [1.82, 2.24) is 0 Å². The summed E-state index contributed by atoms with van der Waals surface area (Å²) in [5, 5.41) is 0.799. The predicted octanol–water partition coefficient (Wildman–Crippen LogP) is 3.69. The fraction of sp³-hybridized carbons (Fsp3) is 0.500. The molecule has 0 unspecified atom stereocenters. The van der Waals surface area contributed by atoms with Gasteiger partial charge in [0.05, 0.1) is 0 Å². The summed E-state index contributed by atoms with van der Waals surface area (Å²) in [5.41, 5.74) is 6.85. The molecule has 2 N–H and O–H groups in total. The van der Waals surface area contributed by atoms with E-state index in [9.17, 15) is 0 Å². The van der Waals surface area contributed by atoms with Crippen LogP contribution in [0.4, 0.5) is 5.69 Å². The maximum atomic E-state index is 5.92. The van der Waals surface area contributed by atoms with Crippen molar-refractivity contribution in [2.24, 2.45) is 0 Å². The highest BCUT2D eigenvalue weighted by Crippen LogP contribution is 2.35. The van der Waals surface area contributed by atoms with Crippen LogP contribution in [0, 0.1) is 0 Å². The molecule has 1 aliphatic carbocycles. The fourth-order valence-corrected chi connectivity index (χ4v) is 3.24. The van der Waals surface area contributed by atoms with E-state index in [0.29, 0.717) is 0 Å². The van der Waals surface area contributed by atoms with E-state index in [-0.39, 0.29) is 0 Å². The van der Waals surface area contributed by atoms with Crippen molar-refractivity contribution in [3.05, 3.63) is 24.3 Å². The Balaban J connectivity index is 1.99. The zero-order valence-electron chi connectivity index (χ0n) is 8.41. The highest BCUT2D eigenvalue weighted by Gasteiger charge is 2.15. The minimum absolute atomic E-state index is 0.799. The van der Waals surface area contributed by atoms with Gasteiger partial charge in [-0.2, -0.15) is 0 Å². The fourth-order valence-electron chi connectivity index (χ4n) is 1.95. The lowest BCUT2D eigenvalue weighted by atomic mass is 10.0. The first-order chi connectivity index (χ1) is 6.86. The molecule has 0 atom stereocenters. The van der Waals surface area contributed by atoms with Crippen LogP contribution in [0.3, 0.4) is 0 Å². The van der Waals surface area contributed by atoms with Crippen molar-refractivity contribution in [3.63, 3.8) is 0 Å². The molecule has 1 aromatic rings. The maximum absolute atomic E-state index is 5.92. The van der Waals surface area contributed by atoms with Gasteiger partial charge in [-0.15, -0.1) is 11.8 Å². The van der Waals surface area contributed by atoms with Crippen LogP contribution in [-0.4, -0.2) is 5.25 Å². The van der Waals surface area contributed by atoms with Gasteiger partial charge in [0.2, 0.25) is 0 Å². The minimum atomic E-state index is 0.799. The number of rotatable bonds is 2. The Labute approximate surface area is 90.1 Å². The van der Waals surface area contributed by atoms with E-state index in [1.54, 1.807) is 0 Å². The van der Waals surface area contributed by atoms with E-state index < -0.39 is 0 Å². The van der Waals surface area contributed by atoms with Gasteiger partial charge in [-0.3, -0.25) is 0 Å². The molecule has 14 heavy (non-hydrogen) atoms. The van der Waals surface area contributed by atoms with E-state index >= 15 is 0 Å². The summed E-state index contributed by atoms with van der Waals surface area (Å²) in [7, 11) is 0. The SMILES string of the molecule is Nc1ccccc1SC1CCCCC1. The molecular formula is C12H17NS. The lowest BCUT2D eigenvalue weighted by Gasteiger charge is -2.21. The van der Waals surface area contributed by atoms with Crippen molar-refractivity contribution < 1.29 is 0 Å². The van der Waals surface area contributed by atoms with Gasteiger partial charge in [0.15, 0.2) is 0 Å². The molecule has 1 saturated carbocycles. The zero-order valence-corrected chi connectivity index (χ0v) is 9.22. The molecule has 0 heterocycles. The topological polar surface area (TPSA) is 26.0 Å². The van der Waals surface area contributed by atoms with Gasteiger partial charge >= 0.3 is 0 Å². The van der Waals surface area contributed by atoms with Gasteiger partial charge in [-0.05, 0) is 25.0 Å². The molecule has 2 rings (SSSR count). The van der Waals surface area contributed by atoms with E-state index in [2.05, 4.69) is 12.1 Å². The van der Waals surface area contributed by atoms with Crippen molar-refractivity contribution in [3.8, 4) is 0 Å². The van der Waals surface area contributed by atoms with Gasteiger partial charge in [0.1, 0.15) is 0 Å². The van der Waals surface area contributed by atoms with Crippen LogP contribution in [0.25, 0.3) is 0 Å². The number of nitrogen functional groups attached to an aromatic ring is 1. The summed E-state index contributed by atoms with van der Waals surface area (Å²) in [6.45, 7) is 0. The third-order valence-electron chi connectivity index (χ3n) is 2.76. The molecule has 0 saturated heterocycles. The summed E-state index contributed by atoms with van der Waals surface area (Å²) in [6.07, 6.45) is 6.92.